The molecule has 2 aromatic rings. The molecule has 0 fully saturated rings. The molecule has 0 aliphatic rings. The standard InChI is InChI=1S/C8H9NS3/c1-4-6-7(5(2)9(4)3)12-8(10)11-6/h1-3H3. The van der Waals surface area contributed by atoms with E-state index < -0.39 is 0 Å². The first-order valence-electron chi connectivity index (χ1n) is 3.67. The van der Waals surface area contributed by atoms with E-state index in [1.54, 1.807) is 22.7 Å². The predicted molar refractivity (Wildman–Crippen MR) is 59.0 cm³/mol. The van der Waals surface area contributed by atoms with Crippen molar-refractivity contribution in [2.45, 2.75) is 13.8 Å². The topological polar surface area (TPSA) is 4.93 Å². The van der Waals surface area contributed by atoms with Gasteiger partial charge in [0.1, 0.15) is 3.14 Å². The number of nitrogens with zero attached hydrogens (tertiary/aromatic N) is 1. The van der Waals surface area contributed by atoms with E-state index in [1.165, 1.54) is 20.8 Å². The molecule has 0 atom stereocenters. The lowest BCUT2D eigenvalue weighted by Crippen LogP contribution is -1.91. The molecule has 2 heterocycles. The zero-order chi connectivity index (χ0) is 8.88. The van der Waals surface area contributed by atoms with E-state index in [4.69, 9.17) is 12.2 Å². The molecule has 64 valence electrons. The van der Waals surface area contributed by atoms with Crippen LogP contribution in [0.4, 0.5) is 0 Å². The molecule has 12 heavy (non-hydrogen) atoms. The Morgan fingerprint density at radius 2 is 1.50 bits per heavy atom. The Morgan fingerprint density at radius 3 is 1.92 bits per heavy atom. The summed E-state index contributed by atoms with van der Waals surface area (Å²) in [5.74, 6) is 0. The van der Waals surface area contributed by atoms with Crippen molar-refractivity contribution in [2.24, 2.45) is 7.05 Å². The second-order valence-electron chi connectivity index (χ2n) is 2.84. The zero-order valence-electron chi connectivity index (χ0n) is 7.17. The van der Waals surface area contributed by atoms with Crippen LogP contribution in [0.3, 0.4) is 0 Å². The zero-order valence-corrected chi connectivity index (χ0v) is 9.62. The number of rotatable bonds is 0. The van der Waals surface area contributed by atoms with Gasteiger partial charge in [0.15, 0.2) is 0 Å². The van der Waals surface area contributed by atoms with Crippen LogP contribution in [0.2, 0.25) is 0 Å². The van der Waals surface area contributed by atoms with Gasteiger partial charge in [-0.25, -0.2) is 0 Å². The molecule has 0 aliphatic carbocycles. The van der Waals surface area contributed by atoms with Crippen molar-refractivity contribution in [1.82, 2.24) is 4.57 Å². The predicted octanol–water partition coefficient (Wildman–Crippen LogP) is 3.65. The van der Waals surface area contributed by atoms with Crippen molar-refractivity contribution >= 4 is 44.3 Å². The Morgan fingerprint density at radius 1 is 1.08 bits per heavy atom. The van der Waals surface area contributed by atoms with Gasteiger partial charge in [0.25, 0.3) is 0 Å². The molecule has 0 saturated heterocycles. The summed E-state index contributed by atoms with van der Waals surface area (Å²) in [6, 6.07) is 0. The molecule has 0 N–H and O–H groups in total. The smallest absolute Gasteiger partial charge is 0.144 e. The Balaban J connectivity index is 3.04. The van der Waals surface area contributed by atoms with Gasteiger partial charge in [-0.15, -0.1) is 22.7 Å². The fourth-order valence-electron chi connectivity index (χ4n) is 1.31. The summed E-state index contributed by atoms with van der Waals surface area (Å²) in [4.78, 5) is 0. The summed E-state index contributed by atoms with van der Waals surface area (Å²) in [7, 11) is 2.10. The van der Waals surface area contributed by atoms with E-state index in [-0.39, 0.29) is 0 Å². The van der Waals surface area contributed by atoms with Crippen molar-refractivity contribution in [3.05, 3.63) is 14.5 Å². The van der Waals surface area contributed by atoms with Gasteiger partial charge in [-0.3, -0.25) is 0 Å². The summed E-state index contributed by atoms with van der Waals surface area (Å²) in [5, 5.41) is 0. The van der Waals surface area contributed by atoms with Crippen LogP contribution in [0.15, 0.2) is 0 Å². The Bertz CT molecular complexity index is 446. The molecule has 0 bridgehead atoms. The second kappa shape index (κ2) is 2.65. The van der Waals surface area contributed by atoms with Crippen molar-refractivity contribution in [2.75, 3.05) is 0 Å². The van der Waals surface area contributed by atoms with Crippen molar-refractivity contribution < 1.29 is 0 Å². The van der Waals surface area contributed by atoms with Crippen molar-refractivity contribution in [3.8, 4) is 0 Å². The van der Waals surface area contributed by atoms with Gasteiger partial charge in [0.2, 0.25) is 0 Å². The normalized spacial score (nSPS) is 11.2. The maximum Gasteiger partial charge on any atom is 0.144 e. The fourth-order valence-corrected chi connectivity index (χ4v) is 4.11. The maximum atomic E-state index is 5.16. The molecule has 1 nitrogen and oxygen atoms in total. The Hall–Kier alpha value is -0.190. The van der Waals surface area contributed by atoms with Crippen LogP contribution in [-0.4, -0.2) is 4.57 Å². The molecule has 0 radical (unpaired) electrons. The van der Waals surface area contributed by atoms with Crippen LogP contribution in [-0.2, 0) is 7.05 Å². The Kier molecular flexibility index (Phi) is 1.86. The highest BCUT2D eigenvalue weighted by Gasteiger charge is 2.10. The van der Waals surface area contributed by atoms with Gasteiger partial charge >= 0.3 is 0 Å². The summed E-state index contributed by atoms with van der Waals surface area (Å²) in [5.41, 5.74) is 2.67. The first-order valence-corrected chi connectivity index (χ1v) is 5.71. The first-order chi connectivity index (χ1) is 5.61. The van der Waals surface area contributed by atoms with Gasteiger partial charge < -0.3 is 4.57 Å². The SMILES string of the molecule is Cc1c2sc(=S)sc2c(C)n1C. The summed E-state index contributed by atoms with van der Waals surface area (Å²) >= 11 is 8.61. The van der Waals surface area contributed by atoms with Gasteiger partial charge in [-0.1, -0.05) is 12.2 Å². The second-order valence-corrected chi connectivity index (χ2v) is 6.07. The summed E-state index contributed by atoms with van der Waals surface area (Å²) in [6.45, 7) is 4.29. The molecule has 2 rings (SSSR count). The van der Waals surface area contributed by atoms with Gasteiger partial charge in [-0.2, -0.15) is 0 Å². The van der Waals surface area contributed by atoms with Crippen LogP contribution in [0, 0.1) is 17.0 Å². The average molecular weight is 215 g/mol. The number of aryl methyl sites for hydroxylation is 2. The third kappa shape index (κ3) is 0.985. The van der Waals surface area contributed by atoms with Crippen LogP contribution in [0.5, 0.6) is 0 Å². The van der Waals surface area contributed by atoms with E-state index in [9.17, 15) is 0 Å². The molecule has 4 heteroatoms. The minimum atomic E-state index is 1.03. The lowest BCUT2D eigenvalue weighted by Gasteiger charge is -1.97. The monoisotopic (exact) mass is 215 g/mol. The number of hydrogen-bond donors (Lipinski definition) is 0. The summed E-state index contributed by atoms with van der Waals surface area (Å²) in [6.07, 6.45) is 0. The van der Waals surface area contributed by atoms with Crippen LogP contribution < -0.4 is 0 Å². The summed E-state index contributed by atoms with van der Waals surface area (Å²) < 4.78 is 5.99. The highest BCUT2D eigenvalue weighted by molar-refractivity contribution is 7.77. The highest BCUT2D eigenvalue weighted by Crippen LogP contribution is 2.34. The van der Waals surface area contributed by atoms with E-state index in [0.29, 0.717) is 0 Å². The first kappa shape index (κ1) is 8.41. The molecule has 0 aromatic carbocycles. The molecule has 0 spiro atoms. The number of hydrogen-bond acceptors (Lipinski definition) is 3. The minimum absolute atomic E-state index is 1.03. The van der Waals surface area contributed by atoms with Crippen LogP contribution >= 0.6 is 34.9 Å². The molecule has 2 aromatic heterocycles. The molecule has 0 aliphatic heterocycles. The Labute approximate surface area is 84.3 Å². The third-order valence-electron chi connectivity index (χ3n) is 2.24. The van der Waals surface area contributed by atoms with Crippen molar-refractivity contribution in [3.63, 3.8) is 0 Å². The van der Waals surface area contributed by atoms with E-state index in [0.717, 1.165) is 3.14 Å². The van der Waals surface area contributed by atoms with Crippen LogP contribution in [0.25, 0.3) is 9.40 Å². The highest BCUT2D eigenvalue weighted by atomic mass is 32.2. The molecular weight excluding hydrogens is 206 g/mol. The van der Waals surface area contributed by atoms with E-state index in [1.807, 2.05) is 0 Å². The lowest BCUT2D eigenvalue weighted by molar-refractivity contribution is 0.852. The maximum absolute atomic E-state index is 5.16. The average Bonchev–Trinajstić information content (AvgIpc) is 2.49. The quantitative estimate of drug-likeness (QED) is 0.607. The molecule has 0 saturated carbocycles. The number of aromatic nitrogens is 1. The molecular formula is C8H9NS3. The minimum Gasteiger partial charge on any atom is -0.349 e. The largest absolute Gasteiger partial charge is 0.349 e. The van der Waals surface area contributed by atoms with E-state index >= 15 is 0 Å². The number of fused-ring (bicyclic) bond motifs is 1. The van der Waals surface area contributed by atoms with E-state index in [2.05, 4.69) is 25.5 Å². The molecule has 0 unspecified atom stereocenters. The van der Waals surface area contributed by atoms with Gasteiger partial charge in [-0.05, 0) is 13.8 Å². The lowest BCUT2D eigenvalue weighted by atomic mass is 10.4. The van der Waals surface area contributed by atoms with Gasteiger partial charge in [0, 0.05) is 18.4 Å². The van der Waals surface area contributed by atoms with Crippen LogP contribution in [0.1, 0.15) is 11.4 Å². The van der Waals surface area contributed by atoms with Crippen molar-refractivity contribution in [1.29, 1.82) is 0 Å². The molecule has 0 amide bonds. The van der Waals surface area contributed by atoms with Gasteiger partial charge in [0.05, 0.1) is 9.40 Å². The third-order valence-corrected chi connectivity index (χ3v) is 5.11. The fraction of sp³-hybridized carbons (Fsp3) is 0.375.